The summed E-state index contributed by atoms with van der Waals surface area (Å²) in [7, 11) is 2.06. The van der Waals surface area contributed by atoms with E-state index in [1.807, 2.05) is 6.20 Å². The molecule has 0 radical (unpaired) electrons. The van der Waals surface area contributed by atoms with Crippen LogP contribution < -0.4 is 15.5 Å². The smallest absolute Gasteiger partial charge is 0.128 e. The molecular weight excluding hydrogens is 272 g/mol. The number of rotatable bonds is 5. The molecule has 2 atom stereocenters. The number of hydrogen-bond donors (Lipinski definition) is 2. The van der Waals surface area contributed by atoms with Gasteiger partial charge in [0.05, 0.1) is 0 Å². The Morgan fingerprint density at radius 3 is 2.77 bits per heavy atom. The lowest BCUT2D eigenvalue weighted by Crippen LogP contribution is -2.30. The van der Waals surface area contributed by atoms with Gasteiger partial charge < -0.3 is 15.5 Å². The Morgan fingerprint density at radius 2 is 2.05 bits per heavy atom. The van der Waals surface area contributed by atoms with Gasteiger partial charge in [-0.15, -0.1) is 0 Å². The van der Waals surface area contributed by atoms with Gasteiger partial charge in [0.2, 0.25) is 0 Å². The van der Waals surface area contributed by atoms with Crippen LogP contribution in [0.2, 0.25) is 0 Å². The lowest BCUT2D eigenvalue weighted by Gasteiger charge is -2.29. The van der Waals surface area contributed by atoms with E-state index in [1.54, 1.807) is 0 Å². The second kappa shape index (κ2) is 7.32. The second-order valence-electron chi connectivity index (χ2n) is 6.95. The minimum Gasteiger partial charge on any atom is -0.370 e. The SMILES string of the molecule is CN[C@@H]1CCN(c2ccnc(N[C@H](C)C3CCCCC3)c2)C1. The topological polar surface area (TPSA) is 40.2 Å². The molecule has 1 aromatic heterocycles. The molecule has 0 unspecified atom stereocenters. The van der Waals surface area contributed by atoms with Crippen LogP contribution >= 0.6 is 0 Å². The number of likely N-dealkylation sites (N-methyl/N-ethyl adjacent to an activating group) is 1. The fourth-order valence-electron chi connectivity index (χ4n) is 3.91. The zero-order chi connectivity index (χ0) is 15.4. The van der Waals surface area contributed by atoms with Crippen LogP contribution in [-0.2, 0) is 0 Å². The van der Waals surface area contributed by atoms with Crippen molar-refractivity contribution in [1.29, 1.82) is 0 Å². The molecule has 2 N–H and O–H groups in total. The predicted molar refractivity (Wildman–Crippen MR) is 93.6 cm³/mol. The molecule has 2 heterocycles. The first-order valence-electron chi connectivity index (χ1n) is 8.91. The first kappa shape index (κ1) is 15.6. The van der Waals surface area contributed by atoms with E-state index in [2.05, 4.69) is 46.6 Å². The zero-order valence-electron chi connectivity index (χ0n) is 14.0. The third-order valence-electron chi connectivity index (χ3n) is 5.44. The number of nitrogens with one attached hydrogen (secondary N) is 2. The number of pyridine rings is 1. The van der Waals surface area contributed by atoms with Gasteiger partial charge in [0.15, 0.2) is 0 Å². The average Bonchev–Trinajstić information content (AvgIpc) is 3.05. The molecule has 0 spiro atoms. The quantitative estimate of drug-likeness (QED) is 0.876. The van der Waals surface area contributed by atoms with Gasteiger partial charge in [-0.25, -0.2) is 4.98 Å². The summed E-state index contributed by atoms with van der Waals surface area (Å²) in [5, 5.41) is 7.03. The molecule has 2 aliphatic rings. The summed E-state index contributed by atoms with van der Waals surface area (Å²) < 4.78 is 0. The number of nitrogens with zero attached hydrogens (tertiary/aromatic N) is 2. The summed E-state index contributed by atoms with van der Waals surface area (Å²) in [6, 6.07) is 5.49. The molecule has 1 aromatic rings. The summed E-state index contributed by atoms with van der Waals surface area (Å²) in [6.45, 7) is 4.54. The van der Waals surface area contributed by atoms with Gasteiger partial charge >= 0.3 is 0 Å². The van der Waals surface area contributed by atoms with Crippen molar-refractivity contribution in [1.82, 2.24) is 10.3 Å². The van der Waals surface area contributed by atoms with E-state index in [1.165, 1.54) is 44.2 Å². The van der Waals surface area contributed by atoms with E-state index in [0.29, 0.717) is 12.1 Å². The lowest BCUT2D eigenvalue weighted by atomic mass is 9.84. The summed E-state index contributed by atoms with van der Waals surface area (Å²) in [5.74, 6) is 1.84. The standard InChI is InChI=1S/C18H30N4/c1-14(15-6-4-3-5-7-15)21-18-12-17(8-10-20-18)22-11-9-16(13-22)19-2/h8,10,12,14-16,19H,3-7,9,11,13H2,1-2H3,(H,20,21)/t14-,16-/m1/s1. The van der Waals surface area contributed by atoms with E-state index >= 15 is 0 Å². The zero-order valence-corrected chi connectivity index (χ0v) is 14.0. The van der Waals surface area contributed by atoms with Crippen LogP contribution in [0.25, 0.3) is 0 Å². The van der Waals surface area contributed by atoms with Gasteiger partial charge in [0.25, 0.3) is 0 Å². The maximum absolute atomic E-state index is 4.53. The summed E-state index contributed by atoms with van der Waals surface area (Å²) >= 11 is 0. The molecule has 1 aliphatic carbocycles. The largest absolute Gasteiger partial charge is 0.370 e. The molecule has 1 aliphatic heterocycles. The molecule has 0 amide bonds. The average molecular weight is 302 g/mol. The van der Waals surface area contributed by atoms with Crippen molar-refractivity contribution >= 4 is 11.5 Å². The Bertz CT molecular complexity index is 470. The van der Waals surface area contributed by atoms with Crippen LogP contribution in [0.1, 0.15) is 45.4 Å². The van der Waals surface area contributed by atoms with Gasteiger partial charge in [0, 0.05) is 43.1 Å². The van der Waals surface area contributed by atoms with Crippen molar-refractivity contribution in [3.05, 3.63) is 18.3 Å². The van der Waals surface area contributed by atoms with Gasteiger partial charge in [-0.05, 0) is 45.2 Å². The van der Waals surface area contributed by atoms with Crippen LogP contribution in [0, 0.1) is 5.92 Å². The van der Waals surface area contributed by atoms with E-state index in [4.69, 9.17) is 0 Å². The molecule has 1 saturated heterocycles. The third kappa shape index (κ3) is 3.72. The van der Waals surface area contributed by atoms with Gasteiger partial charge in [-0.1, -0.05) is 19.3 Å². The number of aromatic nitrogens is 1. The monoisotopic (exact) mass is 302 g/mol. The molecule has 22 heavy (non-hydrogen) atoms. The molecular formula is C18H30N4. The predicted octanol–water partition coefficient (Wildman–Crippen LogP) is 3.26. The number of anilines is 2. The highest BCUT2D eigenvalue weighted by Gasteiger charge is 2.23. The molecule has 122 valence electrons. The van der Waals surface area contributed by atoms with E-state index < -0.39 is 0 Å². The first-order chi connectivity index (χ1) is 10.8. The van der Waals surface area contributed by atoms with Gasteiger partial charge in [-0.2, -0.15) is 0 Å². The van der Waals surface area contributed by atoms with Crippen LogP contribution in [-0.4, -0.2) is 37.2 Å². The third-order valence-corrected chi connectivity index (χ3v) is 5.44. The van der Waals surface area contributed by atoms with Crippen molar-refractivity contribution in [3.8, 4) is 0 Å². The summed E-state index contributed by atoms with van der Waals surface area (Å²) in [6.07, 6.45) is 10.1. The van der Waals surface area contributed by atoms with Gasteiger partial charge in [-0.3, -0.25) is 0 Å². The highest BCUT2D eigenvalue weighted by atomic mass is 15.2. The van der Waals surface area contributed by atoms with E-state index in [9.17, 15) is 0 Å². The minimum absolute atomic E-state index is 0.520. The highest BCUT2D eigenvalue weighted by Crippen LogP contribution is 2.28. The van der Waals surface area contributed by atoms with Crippen molar-refractivity contribution in [3.63, 3.8) is 0 Å². The molecule has 4 nitrogen and oxygen atoms in total. The highest BCUT2D eigenvalue weighted by molar-refractivity contribution is 5.55. The maximum Gasteiger partial charge on any atom is 0.128 e. The maximum atomic E-state index is 4.53. The van der Waals surface area contributed by atoms with E-state index in [-0.39, 0.29) is 0 Å². The Balaban J connectivity index is 1.61. The van der Waals surface area contributed by atoms with Crippen molar-refractivity contribution in [2.24, 2.45) is 5.92 Å². The van der Waals surface area contributed by atoms with Crippen molar-refractivity contribution in [2.75, 3.05) is 30.4 Å². The Labute approximate surface area is 134 Å². The van der Waals surface area contributed by atoms with Crippen LogP contribution in [0.4, 0.5) is 11.5 Å². The Hall–Kier alpha value is -1.29. The molecule has 1 saturated carbocycles. The van der Waals surface area contributed by atoms with Crippen LogP contribution in [0.3, 0.4) is 0 Å². The molecule has 4 heteroatoms. The van der Waals surface area contributed by atoms with Crippen molar-refractivity contribution < 1.29 is 0 Å². The molecule has 2 fully saturated rings. The molecule has 3 rings (SSSR count). The normalized spacial score (nSPS) is 24.5. The lowest BCUT2D eigenvalue weighted by molar-refractivity contribution is 0.328. The fourth-order valence-corrected chi connectivity index (χ4v) is 3.91. The molecule has 0 bridgehead atoms. The van der Waals surface area contributed by atoms with Gasteiger partial charge in [0.1, 0.15) is 5.82 Å². The first-order valence-corrected chi connectivity index (χ1v) is 8.91. The van der Waals surface area contributed by atoms with Crippen LogP contribution in [0.5, 0.6) is 0 Å². The minimum atomic E-state index is 0.520. The number of hydrogen-bond acceptors (Lipinski definition) is 4. The summed E-state index contributed by atoms with van der Waals surface area (Å²) in [4.78, 5) is 6.99. The van der Waals surface area contributed by atoms with Crippen molar-refractivity contribution in [2.45, 2.75) is 57.5 Å². The Kier molecular flexibility index (Phi) is 5.19. The second-order valence-corrected chi connectivity index (χ2v) is 6.95. The molecule has 0 aromatic carbocycles. The van der Waals surface area contributed by atoms with Crippen LogP contribution in [0.15, 0.2) is 18.3 Å². The Morgan fingerprint density at radius 1 is 1.23 bits per heavy atom. The summed E-state index contributed by atoms with van der Waals surface area (Å²) in [5.41, 5.74) is 1.30. The fraction of sp³-hybridized carbons (Fsp3) is 0.722. The van der Waals surface area contributed by atoms with E-state index in [0.717, 1.165) is 24.8 Å².